The predicted octanol–water partition coefficient (Wildman–Crippen LogP) is 2.40. The Bertz CT molecular complexity index is 246. The number of carbonyl (C=O) groups is 2. The summed E-state index contributed by atoms with van der Waals surface area (Å²) in [7, 11) is 0. The molecular weight excluding hydrogens is 206 g/mol. The maximum atomic E-state index is 12.0. The van der Waals surface area contributed by atoms with E-state index in [1.165, 1.54) is 0 Å². The molecule has 16 heavy (non-hydrogen) atoms. The van der Waals surface area contributed by atoms with Gasteiger partial charge in [-0.1, -0.05) is 48.0 Å². The van der Waals surface area contributed by atoms with Crippen molar-refractivity contribution in [1.29, 1.82) is 0 Å². The van der Waals surface area contributed by atoms with E-state index >= 15 is 0 Å². The van der Waals surface area contributed by atoms with E-state index < -0.39 is 0 Å². The minimum absolute atomic E-state index is 0.0357. The summed E-state index contributed by atoms with van der Waals surface area (Å²) < 4.78 is 0. The normalized spacial score (nSPS) is 15.0. The molecule has 0 aliphatic carbocycles. The molecule has 94 valence electrons. The van der Waals surface area contributed by atoms with Crippen LogP contribution in [0.4, 0.5) is 0 Å². The van der Waals surface area contributed by atoms with Crippen molar-refractivity contribution in [2.45, 2.75) is 54.0 Å². The summed E-state index contributed by atoms with van der Waals surface area (Å²) in [6.07, 6.45) is 0.890. The van der Waals surface area contributed by atoms with E-state index in [1.807, 2.05) is 41.5 Å². The SMILES string of the molecule is CCC(C)C([15NH][13C](=[18O])C(C)C)C(=O)C(C)C. The van der Waals surface area contributed by atoms with Crippen LogP contribution in [0.25, 0.3) is 0 Å². The third-order valence-electron chi connectivity index (χ3n) is 2.91. The Morgan fingerprint density at radius 2 is 1.62 bits per heavy atom. The van der Waals surface area contributed by atoms with Crippen LogP contribution in [0.2, 0.25) is 0 Å². The van der Waals surface area contributed by atoms with E-state index in [4.69, 9.17) is 0 Å². The fraction of sp³-hybridized carbons (Fsp3) is 0.846. The van der Waals surface area contributed by atoms with Crippen molar-refractivity contribution in [3.8, 4) is 0 Å². The van der Waals surface area contributed by atoms with E-state index in [0.717, 1.165) is 6.42 Å². The van der Waals surface area contributed by atoms with Gasteiger partial charge in [-0.05, 0) is 5.92 Å². The molecule has 3 nitrogen and oxygen atoms in total. The van der Waals surface area contributed by atoms with E-state index in [0.29, 0.717) is 0 Å². The van der Waals surface area contributed by atoms with Gasteiger partial charge in [-0.25, -0.2) is 0 Å². The second kappa shape index (κ2) is 6.66. The Labute approximate surface area is 99.0 Å². The zero-order valence-corrected chi connectivity index (χ0v) is 11.3. The van der Waals surface area contributed by atoms with Gasteiger partial charge in [0.05, 0.1) is 6.04 Å². The highest BCUT2D eigenvalue weighted by molar-refractivity contribution is 5.90. The standard InChI is InChI=1S/C13H25NO2/c1-7-10(6)11(12(15)8(2)3)14-13(16)9(4)5/h8-11H,7H2,1-6H3,(H,14,16)/i13+1,14+1,16+2. The van der Waals surface area contributed by atoms with Crippen molar-refractivity contribution in [2.75, 3.05) is 0 Å². The minimum atomic E-state index is -0.333. The average molecular weight is 231 g/mol. The van der Waals surface area contributed by atoms with Gasteiger partial charge in [0.2, 0.25) is 5.91 Å². The molecule has 1 amide bonds. The molecule has 0 radical (unpaired) electrons. The third-order valence-corrected chi connectivity index (χ3v) is 2.91. The van der Waals surface area contributed by atoms with E-state index in [2.05, 4.69) is 5.32 Å². The lowest BCUT2D eigenvalue weighted by Crippen LogP contribution is -2.48. The minimum Gasteiger partial charge on any atom is -0.346 e. The summed E-state index contributed by atoms with van der Waals surface area (Å²) >= 11 is 0. The van der Waals surface area contributed by atoms with Crippen molar-refractivity contribution in [3.05, 3.63) is 0 Å². The number of Topliss-reactive ketones (excluding diaryl/α,β-unsaturated/α-hetero) is 1. The molecule has 0 aromatic carbocycles. The number of nitrogens with one attached hydrogen (secondary N) is 1. The van der Waals surface area contributed by atoms with Crippen molar-refractivity contribution < 1.29 is 9.59 Å². The summed E-state index contributed by atoms with van der Waals surface area (Å²) in [4.78, 5) is 23.6. The number of rotatable bonds is 6. The monoisotopic (exact) mass is 231 g/mol. The summed E-state index contributed by atoms with van der Waals surface area (Å²) in [5.41, 5.74) is 0. The van der Waals surface area contributed by atoms with Gasteiger partial charge in [-0.3, -0.25) is 9.59 Å². The van der Waals surface area contributed by atoms with Gasteiger partial charge in [0, 0.05) is 11.8 Å². The molecular formula is C13H25NO2. The third kappa shape index (κ3) is 4.33. The van der Waals surface area contributed by atoms with Gasteiger partial charge in [-0.15, -0.1) is 0 Å². The molecule has 3 heteroatoms. The Morgan fingerprint density at radius 3 is 1.94 bits per heavy atom. The quantitative estimate of drug-likeness (QED) is 0.433. The second-order valence-corrected chi connectivity index (χ2v) is 5.08. The molecule has 0 aliphatic rings. The molecule has 0 rings (SSSR count). The molecule has 0 aromatic rings. The van der Waals surface area contributed by atoms with Crippen molar-refractivity contribution in [3.63, 3.8) is 0 Å². The number of carbonyl (C=O) groups excluding carboxylic acids is 2. The van der Waals surface area contributed by atoms with Crippen LogP contribution in [-0.2, 0) is 9.59 Å². The smallest absolute Gasteiger partial charge is 0.223 e. The summed E-state index contributed by atoms with van der Waals surface area (Å²) in [6.45, 7) is 11.5. The highest BCUT2D eigenvalue weighted by Gasteiger charge is 2.27. The van der Waals surface area contributed by atoms with Crippen molar-refractivity contribution >= 4 is 11.7 Å². The van der Waals surface area contributed by atoms with Gasteiger partial charge < -0.3 is 5.32 Å². The number of hydrogen-bond acceptors (Lipinski definition) is 2. The van der Waals surface area contributed by atoms with E-state index in [1.54, 1.807) is 0 Å². The van der Waals surface area contributed by atoms with Gasteiger partial charge in [0.1, 0.15) is 0 Å². The van der Waals surface area contributed by atoms with E-state index in [9.17, 15) is 9.59 Å². The van der Waals surface area contributed by atoms with Gasteiger partial charge in [-0.2, -0.15) is 0 Å². The number of hydrogen-bond donors (Lipinski definition) is 1. The van der Waals surface area contributed by atoms with Crippen LogP contribution in [0.5, 0.6) is 0 Å². The molecule has 0 spiro atoms. The summed E-state index contributed by atoms with van der Waals surface area (Å²) in [6, 6.07) is -0.333. The molecule has 0 saturated heterocycles. The topological polar surface area (TPSA) is 46.2 Å². The molecule has 0 aliphatic heterocycles. The fourth-order valence-corrected chi connectivity index (χ4v) is 1.41. The molecule has 2 atom stereocenters. The first-order chi connectivity index (χ1) is 7.31. The Kier molecular flexibility index (Phi) is 6.31. The van der Waals surface area contributed by atoms with Gasteiger partial charge >= 0.3 is 0 Å². The maximum absolute atomic E-state index is 12.0. The maximum Gasteiger partial charge on any atom is 0.223 e. The Morgan fingerprint density at radius 1 is 1.12 bits per heavy atom. The molecule has 2 unspecified atom stereocenters. The first-order valence-electron chi connectivity index (χ1n) is 6.15. The van der Waals surface area contributed by atoms with Crippen LogP contribution in [-0.4, -0.2) is 17.7 Å². The summed E-state index contributed by atoms with van der Waals surface area (Å²) in [5.74, 6) is 0.165. The first-order valence-corrected chi connectivity index (χ1v) is 6.15. The van der Waals surface area contributed by atoms with Crippen LogP contribution in [0, 0.1) is 17.8 Å². The Hall–Kier alpha value is -0.860. The zero-order valence-electron chi connectivity index (χ0n) is 11.3. The Balaban J connectivity index is 4.69. The molecule has 0 fully saturated rings. The fourth-order valence-electron chi connectivity index (χ4n) is 1.41. The first kappa shape index (κ1) is 15.1. The average Bonchev–Trinajstić information content (AvgIpc) is 2.23. The van der Waals surface area contributed by atoms with Crippen molar-refractivity contribution in [1.82, 2.24) is 5.32 Å². The lowest BCUT2D eigenvalue weighted by atomic mass is 9.92. The molecule has 0 heterocycles. The van der Waals surface area contributed by atoms with Gasteiger partial charge in [0.25, 0.3) is 0 Å². The number of ketones is 1. The predicted molar refractivity (Wildman–Crippen MR) is 66.1 cm³/mol. The van der Waals surface area contributed by atoms with Crippen LogP contribution in [0.15, 0.2) is 0 Å². The largest absolute Gasteiger partial charge is 0.346 e. The molecule has 0 bridgehead atoms. The second-order valence-electron chi connectivity index (χ2n) is 5.08. The molecule has 0 aromatic heterocycles. The van der Waals surface area contributed by atoms with Crippen LogP contribution in [0.3, 0.4) is 0 Å². The van der Waals surface area contributed by atoms with E-state index in [-0.39, 0.29) is 35.5 Å². The number of amides is 1. The highest BCUT2D eigenvalue weighted by atomic mass is 18.1. The van der Waals surface area contributed by atoms with Crippen LogP contribution >= 0.6 is 0 Å². The lowest BCUT2D eigenvalue weighted by Gasteiger charge is -2.25. The van der Waals surface area contributed by atoms with Crippen LogP contribution < -0.4 is 5.32 Å². The van der Waals surface area contributed by atoms with Crippen LogP contribution in [0.1, 0.15) is 48.0 Å². The molecule has 0 saturated carbocycles. The zero-order chi connectivity index (χ0) is 12.9. The van der Waals surface area contributed by atoms with Crippen molar-refractivity contribution in [2.24, 2.45) is 17.8 Å². The highest BCUT2D eigenvalue weighted by Crippen LogP contribution is 2.13. The lowest BCUT2D eigenvalue weighted by molar-refractivity contribution is -0.132. The summed E-state index contributed by atoms with van der Waals surface area (Å²) in [5, 5.41) is 2.86. The molecule has 1 N–H and O–H groups in total. The van der Waals surface area contributed by atoms with Gasteiger partial charge in [0.15, 0.2) is 5.78 Å².